The van der Waals surface area contributed by atoms with Crippen molar-refractivity contribution in [2.24, 2.45) is 0 Å². The quantitative estimate of drug-likeness (QED) is 0.532. The Morgan fingerprint density at radius 2 is 1.77 bits per heavy atom. The molecule has 0 atom stereocenters. The smallest absolute Gasteiger partial charge is 0.291 e. The fourth-order valence-corrected chi connectivity index (χ4v) is 5.82. The Morgan fingerprint density at radius 3 is 2.47 bits per heavy atom. The first-order chi connectivity index (χ1) is 14.4. The third-order valence-electron chi connectivity index (χ3n) is 5.46. The Balaban J connectivity index is 1.56. The van der Waals surface area contributed by atoms with Crippen LogP contribution in [-0.2, 0) is 15.6 Å². The van der Waals surface area contributed by atoms with Crippen LogP contribution in [0, 0.1) is 0 Å². The number of anilines is 1. The molecule has 4 rings (SSSR count). The van der Waals surface area contributed by atoms with Gasteiger partial charge in [0.05, 0.1) is 4.90 Å². The van der Waals surface area contributed by atoms with E-state index in [1.165, 1.54) is 44.2 Å². The fraction of sp³-hybridized carbons (Fsp3) is 0.348. The lowest BCUT2D eigenvalue weighted by molar-refractivity contribution is 0.0998. The Morgan fingerprint density at radius 1 is 1.07 bits per heavy atom. The highest BCUT2D eigenvalue weighted by atomic mass is 32.2. The molecule has 30 heavy (non-hydrogen) atoms. The van der Waals surface area contributed by atoms with Gasteiger partial charge in [0.1, 0.15) is 5.58 Å². The Labute approximate surface area is 181 Å². The molecule has 0 unspecified atom stereocenters. The minimum atomic E-state index is -3.28. The SMILES string of the molecule is CS(=O)(=O)c1ccc(NC(=O)c2oc3ccccc3c2CSC2CCCCC2)cc1. The van der Waals surface area contributed by atoms with E-state index in [9.17, 15) is 13.2 Å². The predicted octanol–water partition coefficient (Wildman–Crippen LogP) is 5.65. The number of carbonyl (C=O) groups excluding carboxylic acids is 1. The second-order valence-electron chi connectivity index (χ2n) is 7.73. The molecule has 2 aromatic carbocycles. The predicted molar refractivity (Wildman–Crippen MR) is 122 cm³/mol. The zero-order valence-electron chi connectivity index (χ0n) is 16.9. The largest absolute Gasteiger partial charge is 0.451 e. The van der Waals surface area contributed by atoms with Gasteiger partial charge in [-0.3, -0.25) is 4.79 Å². The van der Waals surface area contributed by atoms with Crippen molar-refractivity contribution in [3.05, 3.63) is 59.9 Å². The Kier molecular flexibility index (Phi) is 6.20. The molecule has 158 valence electrons. The van der Waals surface area contributed by atoms with Crippen molar-refractivity contribution in [1.82, 2.24) is 0 Å². The zero-order chi connectivity index (χ0) is 21.1. The van der Waals surface area contributed by atoms with Crippen molar-refractivity contribution in [2.75, 3.05) is 11.6 Å². The van der Waals surface area contributed by atoms with Gasteiger partial charge < -0.3 is 9.73 Å². The molecule has 1 amide bonds. The first-order valence-electron chi connectivity index (χ1n) is 10.2. The van der Waals surface area contributed by atoms with Crippen LogP contribution in [0.5, 0.6) is 0 Å². The van der Waals surface area contributed by atoms with Crippen molar-refractivity contribution in [3.8, 4) is 0 Å². The first-order valence-corrected chi connectivity index (χ1v) is 13.1. The molecule has 5 nitrogen and oxygen atoms in total. The van der Waals surface area contributed by atoms with Crippen LogP contribution in [-0.4, -0.2) is 25.8 Å². The summed E-state index contributed by atoms with van der Waals surface area (Å²) in [7, 11) is -3.28. The van der Waals surface area contributed by atoms with Crippen molar-refractivity contribution >= 4 is 44.2 Å². The summed E-state index contributed by atoms with van der Waals surface area (Å²) < 4.78 is 29.2. The van der Waals surface area contributed by atoms with Crippen LogP contribution in [0.15, 0.2) is 57.8 Å². The molecule has 0 aliphatic heterocycles. The normalized spacial score (nSPS) is 15.4. The molecule has 1 N–H and O–H groups in total. The van der Waals surface area contributed by atoms with Crippen molar-refractivity contribution in [1.29, 1.82) is 0 Å². The summed E-state index contributed by atoms with van der Waals surface area (Å²) in [6.07, 6.45) is 7.49. The molecule has 0 bridgehead atoms. The van der Waals surface area contributed by atoms with Crippen LogP contribution in [0.25, 0.3) is 11.0 Å². The van der Waals surface area contributed by atoms with E-state index in [1.54, 1.807) is 12.1 Å². The highest BCUT2D eigenvalue weighted by molar-refractivity contribution is 7.99. The number of carbonyl (C=O) groups is 1. The first kappa shape index (κ1) is 21.0. The van der Waals surface area contributed by atoms with E-state index in [-0.39, 0.29) is 10.8 Å². The molecule has 7 heteroatoms. The number of nitrogens with one attached hydrogen (secondary N) is 1. The van der Waals surface area contributed by atoms with E-state index in [0.29, 0.717) is 22.3 Å². The number of furan rings is 1. The zero-order valence-corrected chi connectivity index (χ0v) is 18.5. The summed E-state index contributed by atoms with van der Waals surface area (Å²) >= 11 is 1.91. The average Bonchev–Trinajstić information content (AvgIpc) is 3.11. The van der Waals surface area contributed by atoms with Crippen molar-refractivity contribution in [3.63, 3.8) is 0 Å². The molecular formula is C23H25NO4S2. The highest BCUT2D eigenvalue weighted by Crippen LogP contribution is 2.35. The number of rotatable bonds is 6. The number of fused-ring (bicyclic) bond motifs is 1. The highest BCUT2D eigenvalue weighted by Gasteiger charge is 2.23. The number of hydrogen-bond acceptors (Lipinski definition) is 5. The number of sulfone groups is 1. The monoisotopic (exact) mass is 443 g/mol. The second kappa shape index (κ2) is 8.86. The minimum absolute atomic E-state index is 0.216. The van der Waals surface area contributed by atoms with Crippen LogP contribution >= 0.6 is 11.8 Å². The molecular weight excluding hydrogens is 418 g/mol. The third-order valence-corrected chi connectivity index (χ3v) is 7.99. The number of thioether (sulfide) groups is 1. The van der Waals surface area contributed by atoms with Gasteiger partial charge in [0.15, 0.2) is 15.6 Å². The number of para-hydroxylation sites is 1. The van der Waals surface area contributed by atoms with E-state index >= 15 is 0 Å². The van der Waals surface area contributed by atoms with Gasteiger partial charge in [0, 0.05) is 33.9 Å². The van der Waals surface area contributed by atoms with Gasteiger partial charge in [-0.1, -0.05) is 37.5 Å². The van der Waals surface area contributed by atoms with E-state index in [1.807, 2.05) is 36.0 Å². The van der Waals surface area contributed by atoms with Gasteiger partial charge in [-0.2, -0.15) is 11.8 Å². The molecule has 1 aliphatic rings. The third kappa shape index (κ3) is 4.73. The van der Waals surface area contributed by atoms with Gasteiger partial charge in [0.25, 0.3) is 5.91 Å². The van der Waals surface area contributed by atoms with Crippen LogP contribution in [0.2, 0.25) is 0 Å². The summed E-state index contributed by atoms with van der Waals surface area (Å²) in [6, 6.07) is 13.9. The van der Waals surface area contributed by atoms with Gasteiger partial charge >= 0.3 is 0 Å². The van der Waals surface area contributed by atoms with Gasteiger partial charge in [-0.05, 0) is 43.2 Å². The van der Waals surface area contributed by atoms with Crippen LogP contribution in [0.1, 0.15) is 48.2 Å². The molecule has 1 aliphatic carbocycles. The molecule has 1 heterocycles. The van der Waals surface area contributed by atoms with Crippen molar-refractivity contribution < 1.29 is 17.6 Å². The molecule has 0 spiro atoms. The Hall–Kier alpha value is -2.25. The number of benzene rings is 2. The van der Waals surface area contributed by atoms with E-state index < -0.39 is 9.84 Å². The standard InChI is InChI=1S/C23H25NO4S2/c1-30(26,27)18-13-11-16(12-14-18)24-23(25)22-20(15-29-17-7-3-2-4-8-17)19-9-5-6-10-21(19)28-22/h5-6,9-14,17H,2-4,7-8,15H2,1H3,(H,24,25). The average molecular weight is 444 g/mol. The maximum atomic E-state index is 13.0. The van der Waals surface area contributed by atoms with E-state index in [2.05, 4.69) is 5.32 Å². The van der Waals surface area contributed by atoms with Crippen molar-refractivity contribution in [2.45, 2.75) is 48.0 Å². The molecule has 1 saturated carbocycles. The lowest BCUT2D eigenvalue weighted by atomic mass is 10.0. The van der Waals surface area contributed by atoms with E-state index in [0.717, 1.165) is 23.0 Å². The van der Waals surface area contributed by atoms with Gasteiger partial charge in [0.2, 0.25) is 0 Å². The molecule has 3 aromatic rings. The number of hydrogen-bond donors (Lipinski definition) is 1. The van der Waals surface area contributed by atoms with E-state index in [4.69, 9.17) is 4.42 Å². The maximum absolute atomic E-state index is 13.0. The summed E-state index contributed by atoms with van der Waals surface area (Å²) in [6.45, 7) is 0. The molecule has 1 aromatic heterocycles. The number of amides is 1. The lowest BCUT2D eigenvalue weighted by Gasteiger charge is -2.20. The topological polar surface area (TPSA) is 76.4 Å². The second-order valence-corrected chi connectivity index (χ2v) is 11.0. The van der Waals surface area contributed by atoms with Gasteiger partial charge in [-0.15, -0.1) is 0 Å². The minimum Gasteiger partial charge on any atom is -0.451 e. The van der Waals surface area contributed by atoms with Crippen LogP contribution < -0.4 is 5.32 Å². The maximum Gasteiger partial charge on any atom is 0.291 e. The fourth-order valence-electron chi connectivity index (χ4n) is 3.83. The lowest BCUT2D eigenvalue weighted by Crippen LogP contribution is -2.13. The van der Waals surface area contributed by atoms with Crippen LogP contribution in [0.4, 0.5) is 5.69 Å². The Bertz CT molecular complexity index is 1140. The molecule has 0 saturated heterocycles. The molecule has 1 fully saturated rings. The summed E-state index contributed by atoms with van der Waals surface area (Å²) in [4.78, 5) is 13.2. The van der Waals surface area contributed by atoms with Gasteiger partial charge in [-0.25, -0.2) is 8.42 Å². The summed E-state index contributed by atoms with van der Waals surface area (Å²) in [5.41, 5.74) is 2.15. The van der Waals surface area contributed by atoms with Crippen LogP contribution in [0.3, 0.4) is 0 Å². The summed E-state index contributed by atoms with van der Waals surface area (Å²) in [5, 5.41) is 4.44. The summed E-state index contributed by atoms with van der Waals surface area (Å²) in [5.74, 6) is 0.738. The molecule has 0 radical (unpaired) electrons.